The lowest BCUT2D eigenvalue weighted by molar-refractivity contribution is -0.144. The number of esters is 1. The molecule has 442 valence electrons. The molecular formula is C68H129NO6. The molecule has 0 spiro atoms. The maximum absolute atomic E-state index is 14.3. The molecule has 7 heteroatoms. The molecule has 1 amide bonds. The first-order valence-electron chi connectivity index (χ1n) is 33.3. The number of allylic oxidation sites excluding steroid dienone is 4. The smallest absolute Gasteiger partial charge is 0.305 e. The molecule has 75 heavy (non-hydrogen) atoms. The molecule has 4 N–H and O–H groups in total. The highest BCUT2D eigenvalue weighted by atomic mass is 16.5. The van der Waals surface area contributed by atoms with Gasteiger partial charge in [-0.15, -0.1) is 0 Å². The molecule has 5 atom stereocenters. The summed E-state index contributed by atoms with van der Waals surface area (Å²) >= 11 is 0. The molecule has 7 nitrogen and oxygen atoms in total. The van der Waals surface area contributed by atoms with Gasteiger partial charge in [0.1, 0.15) is 0 Å². The van der Waals surface area contributed by atoms with E-state index in [1.54, 1.807) is 12.2 Å². The second-order valence-electron chi connectivity index (χ2n) is 23.1. The van der Waals surface area contributed by atoms with Crippen molar-refractivity contribution in [3.05, 3.63) is 36.5 Å². The number of nitrogens with one attached hydrogen (secondary N) is 1. The summed E-state index contributed by atoms with van der Waals surface area (Å²) in [6, 6.07) is -0.812. The van der Waals surface area contributed by atoms with Crippen LogP contribution in [-0.2, 0) is 14.3 Å². The fourth-order valence-corrected chi connectivity index (χ4v) is 10.7. The molecule has 0 aromatic carbocycles. The van der Waals surface area contributed by atoms with Crippen LogP contribution in [0.25, 0.3) is 0 Å². The Labute approximate surface area is 466 Å². The van der Waals surface area contributed by atoms with Gasteiger partial charge in [0, 0.05) is 12.3 Å². The molecule has 0 aromatic rings. The highest BCUT2D eigenvalue weighted by Crippen LogP contribution is 2.30. The Hall–Kier alpha value is -1.96. The Balaban J connectivity index is 4.94. The Kier molecular flexibility index (Phi) is 58.1. The molecule has 0 fully saturated rings. The predicted molar refractivity (Wildman–Crippen MR) is 325 cm³/mol. The van der Waals surface area contributed by atoms with Crippen molar-refractivity contribution < 1.29 is 29.6 Å². The average molecular weight is 1060 g/mol. The minimum Gasteiger partial charge on any atom is -0.466 e. The second-order valence-corrected chi connectivity index (χ2v) is 23.1. The molecule has 0 aliphatic heterocycles. The van der Waals surface area contributed by atoms with Crippen LogP contribution in [0, 0.1) is 11.8 Å². The van der Waals surface area contributed by atoms with E-state index in [0.29, 0.717) is 19.4 Å². The number of aliphatic hydroxyl groups is 3. The van der Waals surface area contributed by atoms with Crippen molar-refractivity contribution in [3.8, 4) is 0 Å². The van der Waals surface area contributed by atoms with Crippen LogP contribution < -0.4 is 5.32 Å². The minimum absolute atomic E-state index is 0.0453. The van der Waals surface area contributed by atoms with Crippen molar-refractivity contribution in [1.82, 2.24) is 5.32 Å². The molecule has 0 saturated heterocycles. The summed E-state index contributed by atoms with van der Waals surface area (Å²) in [6.45, 7) is 9.16. The maximum atomic E-state index is 14.3. The van der Waals surface area contributed by atoms with E-state index in [-0.39, 0.29) is 30.3 Å². The van der Waals surface area contributed by atoms with Crippen molar-refractivity contribution in [2.75, 3.05) is 13.2 Å². The number of rotatable bonds is 60. The molecule has 0 aliphatic carbocycles. The van der Waals surface area contributed by atoms with Crippen LogP contribution in [0.2, 0.25) is 0 Å². The summed E-state index contributed by atoms with van der Waals surface area (Å²) in [5.74, 6) is -0.00550. The van der Waals surface area contributed by atoms with Crippen molar-refractivity contribution in [1.29, 1.82) is 0 Å². The van der Waals surface area contributed by atoms with Crippen LogP contribution in [0.4, 0.5) is 0 Å². The Morgan fingerprint density at radius 3 is 1.31 bits per heavy atom. The summed E-state index contributed by atoms with van der Waals surface area (Å²) in [4.78, 5) is 26.7. The largest absolute Gasteiger partial charge is 0.466 e. The molecule has 0 aliphatic rings. The maximum Gasteiger partial charge on any atom is 0.305 e. The van der Waals surface area contributed by atoms with Crippen molar-refractivity contribution in [2.24, 2.45) is 11.8 Å². The van der Waals surface area contributed by atoms with Gasteiger partial charge in [-0.1, -0.05) is 302 Å². The Bertz CT molecular complexity index is 1270. The molecule has 0 saturated carbocycles. The number of carbonyl (C=O) groups excluding carboxylic acids is 2. The molecule has 0 bridgehead atoms. The summed E-state index contributed by atoms with van der Waals surface area (Å²) in [5.41, 5.74) is 0. The van der Waals surface area contributed by atoms with Gasteiger partial charge in [0.15, 0.2) is 0 Å². The Morgan fingerprint density at radius 2 is 0.813 bits per heavy atom. The van der Waals surface area contributed by atoms with Gasteiger partial charge in [-0.25, -0.2) is 0 Å². The SMILES string of the molecule is CCCCC/C=C\C/C=C\CCCCCCCC(=O)OCCCCCCCC(CCCC)C(CCCCCCCCCCCCCCCCCC)C(=O)NC(CO)C(O)/C=C/C(O)CCCCCCCCCCCC. The van der Waals surface area contributed by atoms with Gasteiger partial charge < -0.3 is 25.4 Å². The van der Waals surface area contributed by atoms with Crippen LogP contribution in [0.5, 0.6) is 0 Å². The number of ether oxygens (including phenoxy) is 1. The zero-order chi connectivity index (χ0) is 54.8. The predicted octanol–water partition coefficient (Wildman–Crippen LogP) is 19.8. The van der Waals surface area contributed by atoms with E-state index >= 15 is 0 Å². The fraction of sp³-hybridized carbons (Fsp3) is 0.882. The van der Waals surface area contributed by atoms with E-state index in [1.165, 1.54) is 186 Å². The molecule has 0 aromatic heterocycles. The highest BCUT2D eigenvalue weighted by molar-refractivity contribution is 5.79. The normalized spacial score (nSPS) is 14.1. The zero-order valence-electron chi connectivity index (χ0n) is 50.5. The molecule has 0 rings (SSSR count). The van der Waals surface area contributed by atoms with Crippen LogP contribution in [0.1, 0.15) is 342 Å². The van der Waals surface area contributed by atoms with E-state index in [9.17, 15) is 24.9 Å². The summed E-state index contributed by atoms with van der Waals surface area (Å²) in [6.07, 6.45) is 68.6. The lowest BCUT2D eigenvalue weighted by Gasteiger charge is -2.29. The van der Waals surface area contributed by atoms with E-state index < -0.39 is 18.2 Å². The monoisotopic (exact) mass is 1060 g/mol. The van der Waals surface area contributed by atoms with Gasteiger partial charge in [0.2, 0.25) is 5.91 Å². The zero-order valence-corrected chi connectivity index (χ0v) is 50.5. The number of unbranched alkanes of at least 4 members (excludes halogenated alkanes) is 37. The van der Waals surface area contributed by atoms with Crippen LogP contribution in [0.3, 0.4) is 0 Å². The van der Waals surface area contributed by atoms with Gasteiger partial charge >= 0.3 is 5.97 Å². The highest BCUT2D eigenvalue weighted by Gasteiger charge is 2.30. The van der Waals surface area contributed by atoms with Gasteiger partial charge in [0.05, 0.1) is 31.5 Å². The summed E-state index contributed by atoms with van der Waals surface area (Å²) in [5, 5.41) is 35.3. The van der Waals surface area contributed by atoms with Gasteiger partial charge in [-0.2, -0.15) is 0 Å². The average Bonchev–Trinajstić information content (AvgIpc) is 3.41. The van der Waals surface area contributed by atoms with Crippen LogP contribution >= 0.6 is 0 Å². The lowest BCUT2D eigenvalue weighted by atomic mass is 9.80. The van der Waals surface area contributed by atoms with Gasteiger partial charge in [0.25, 0.3) is 0 Å². The van der Waals surface area contributed by atoms with Crippen molar-refractivity contribution >= 4 is 11.9 Å². The first-order chi connectivity index (χ1) is 36.8. The summed E-state index contributed by atoms with van der Waals surface area (Å²) in [7, 11) is 0. The molecular weight excluding hydrogens is 927 g/mol. The number of carbonyl (C=O) groups is 2. The topological polar surface area (TPSA) is 116 Å². The first kappa shape index (κ1) is 73.0. The number of hydrogen-bond donors (Lipinski definition) is 4. The molecule has 0 radical (unpaired) electrons. The second kappa shape index (κ2) is 59.7. The van der Waals surface area contributed by atoms with E-state index in [2.05, 4.69) is 57.3 Å². The third-order valence-electron chi connectivity index (χ3n) is 15.8. The third kappa shape index (κ3) is 51.2. The molecule has 0 heterocycles. The van der Waals surface area contributed by atoms with E-state index in [1.807, 2.05) is 0 Å². The van der Waals surface area contributed by atoms with Gasteiger partial charge in [-0.05, 0) is 76.5 Å². The third-order valence-corrected chi connectivity index (χ3v) is 15.8. The first-order valence-corrected chi connectivity index (χ1v) is 33.3. The van der Waals surface area contributed by atoms with Crippen molar-refractivity contribution in [2.45, 2.75) is 361 Å². The number of amides is 1. The fourth-order valence-electron chi connectivity index (χ4n) is 10.7. The minimum atomic E-state index is -1.07. The van der Waals surface area contributed by atoms with Gasteiger partial charge in [-0.3, -0.25) is 9.59 Å². The number of aliphatic hydroxyl groups excluding tert-OH is 3. The van der Waals surface area contributed by atoms with Crippen LogP contribution in [0.15, 0.2) is 36.5 Å². The number of hydrogen-bond acceptors (Lipinski definition) is 6. The summed E-state index contributed by atoms with van der Waals surface area (Å²) < 4.78 is 5.59. The standard InChI is InChI=1S/C68H129NO6/c1-5-9-13-16-19-22-25-27-29-31-32-34-37-40-45-50-56-64(68(74)69-65(61-70)66(72)59-58-63(71)55-49-44-39-36-24-21-18-15-11-7-3)62(53-12-8-4)54-48-43-42-47-52-60-75-67(73)57-51-46-41-38-35-33-30-28-26-23-20-17-14-10-6-2/h20,23,28,30,58-59,62-66,70-72H,5-19,21-22,24-27,29,31-57,60-61H2,1-4H3,(H,69,74)/b23-20-,30-28-,59-58+. The lowest BCUT2D eigenvalue weighted by Crippen LogP contribution is -2.48. The van der Waals surface area contributed by atoms with E-state index in [0.717, 1.165) is 116 Å². The Morgan fingerprint density at radius 1 is 0.427 bits per heavy atom. The molecule has 5 unspecified atom stereocenters. The quantitative estimate of drug-likeness (QED) is 0.0274. The van der Waals surface area contributed by atoms with Crippen LogP contribution in [-0.4, -0.2) is 58.7 Å². The van der Waals surface area contributed by atoms with E-state index in [4.69, 9.17) is 4.74 Å². The van der Waals surface area contributed by atoms with Crippen molar-refractivity contribution in [3.63, 3.8) is 0 Å².